The van der Waals surface area contributed by atoms with Gasteiger partial charge in [-0.3, -0.25) is 0 Å². The number of anilines is 2. The molecule has 0 saturated carbocycles. The number of rotatable bonds is 4. The van der Waals surface area contributed by atoms with Crippen LogP contribution in [0.2, 0.25) is 0 Å². The number of aromatic carboxylic acids is 1. The van der Waals surface area contributed by atoms with Crippen molar-refractivity contribution in [2.75, 3.05) is 24.2 Å². The maximum Gasteiger partial charge on any atom is 0.337 e. The van der Waals surface area contributed by atoms with Gasteiger partial charge in [0.2, 0.25) is 0 Å². The highest BCUT2D eigenvalue weighted by Gasteiger charge is 2.17. The molecule has 1 aromatic heterocycles. The molecule has 0 aliphatic carbocycles. The summed E-state index contributed by atoms with van der Waals surface area (Å²) in [5.74, 6) is -1.17. The Morgan fingerprint density at radius 3 is 2.81 bits per heavy atom. The van der Waals surface area contributed by atoms with Crippen molar-refractivity contribution in [3.63, 3.8) is 0 Å². The highest BCUT2D eigenvalue weighted by molar-refractivity contribution is 5.96. The van der Waals surface area contributed by atoms with Crippen LogP contribution < -0.4 is 10.6 Å². The molecule has 16 heavy (non-hydrogen) atoms. The fourth-order valence-corrected chi connectivity index (χ4v) is 1.25. The van der Waals surface area contributed by atoms with Crippen molar-refractivity contribution in [3.05, 3.63) is 17.8 Å². The minimum absolute atomic E-state index is 0.0419. The Kier molecular flexibility index (Phi) is 3.60. The number of nitrogens with zero attached hydrogens (tertiary/aromatic N) is 2. The van der Waals surface area contributed by atoms with E-state index in [9.17, 15) is 13.6 Å². The first-order valence-corrected chi connectivity index (χ1v) is 4.40. The van der Waals surface area contributed by atoms with Crippen molar-refractivity contribution < 1.29 is 18.7 Å². The third-order valence-corrected chi connectivity index (χ3v) is 1.97. The molecule has 88 valence electrons. The second-order valence-electron chi connectivity index (χ2n) is 3.17. The van der Waals surface area contributed by atoms with Gasteiger partial charge in [0.1, 0.15) is 0 Å². The monoisotopic (exact) mass is 231 g/mol. The molecule has 0 aliphatic heterocycles. The summed E-state index contributed by atoms with van der Waals surface area (Å²) in [6.45, 7) is -0.555. The van der Waals surface area contributed by atoms with Crippen molar-refractivity contribution in [1.82, 2.24) is 4.98 Å². The molecule has 0 aromatic carbocycles. The molecular weight excluding hydrogens is 220 g/mol. The first-order valence-electron chi connectivity index (χ1n) is 4.40. The summed E-state index contributed by atoms with van der Waals surface area (Å²) < 4.78 is 24.3. The first kappa shape index (κ1) is 12.2. The van der Waals surface area contributed by atoms with Crippen LogP contribution in [0.1, 0.15) is 10.4 Å². The molecule has 1 rings (SSSR count). The van der Waals surface area contributed by atoms with Crippen LogP contribution in [-0.2, 0) is 0 Å². The molecule has 0 atom stereocenters. The Morgan fingerprint density at radius 1 is 1.69 bits per heavy atom. The number of aromatic nitrogens is 1. The van der Waals surface area contributed by atoms with E-state index in [1.807, 2.05) is 0 Å². The molecule has 1 aromatic rings. The number of carboxylic acid groups (broad SMARTS) is 1. The lowest BCUT2D eigenvalue weighted by Crippen LogP contribution is -2.26. The van der Waals surface area contributed by atoms with Crippen LogP contribution in [0.3, 0.4) is 0 Å². The topological polar surface area (TPSA) is 79.5 Å². The number of nitrogens with two attached hydrogens (primary N) is 1. The summed E-state index contributed by atoms with van der Waals surface area (Å²) in [6.07, 6.45) is -1.32. The number of hydrogen-bond donors (Lipinski definition) is 2. The van der Waals surface area contributed by atoms with E-state index in [0.29, 0.717) is 0 Å². The van der Waals surface area contributed by atoms with E-state index in [4.69, 9.17) is 10.8 Å². The maximum absolute atomic E-state index is 12.1. The van der Waals surface area contributed by atoms with Gasteiger partial charge >= 0.3 is 5.97 Å². The summed E-state index contributed by atoms with van der Waals surface area (Å²) in [5.41, 5.74) is 5.27. The zero-order chi connectivity index (χ0) is 12.3. The van der Waals surface area contributed by atoms with Gasteiger partial charge in [0, 0.05) is 13.2 Å². The number of carbonyl (C=O) groups is 1. The van der Waals surface area contributed by atoms with E-state index < -0.39 is 18.9 Å². The van der Waals surface area contributed by atoms with Gasteiger partial charge in [-0.2, -0.15) is 0 Å². The molecule has 3 N–H and O–H groups in total. The second kappa shape index (κ2) is 4.73. The molecule has 0 aliphatic rings. The van der Waals surface area contributed by atoms with Crippen molar-refractivity contribution in [2.45, 2.75) is 6.43 Å². The third kappa shape index (κ3) is 2.56. The van der Waals surface area contributed by atoms with Crippen molar-refractivity contribution in [2.24, 2.45) is 0 Å². The molecule has 5 nitrogen and oxygen atoms in total. The lowest BCUT2D eigenvalue weighted by atomic mass is 10.2. The van der Waals surface area contributed by atoms with Crippen LogP contribution in [0.5, 0.6) is 0 Å². The highest BCUT2D eigenvalue weighted by atomic mass is 19.3. The summed E-state index contributed by atoms with van der Waals surface area (Å²) in [4.78, 5) is 15.6. The molecule has 0 radical (unpaired) electrons. The van der Waals surface area contributed by atoms with E-state index in [2.05, 4.69) is 4.98 Å². The van der Waals surface area contributed by atoms with Crippen LogP contribution in [0.25, 0.3) is 0 Å². The molecule has 0 spiro atoms. The molecule has 0 unspecified atom stereocenters. The lowest BCUT2D eigenvalue weighted by Gasteiger charge is -2.19. The van der Waals surface area contributed by atoms with Gasteiger partial charge in [-0.05, 0) is 6.07 Å². The molecule has 0 amide bonds. The molecule has 0 fully saturated rings. The SMILES string of the molecule is CN(CC(F)F)c1nccc(C(=O)O)c1N. The fourth-order valence-electron chi connectivity index (χ4n) is 1.25. The standard InChI is InChI=1S/C9H11F2N3O2/c1-14(4-6(10)11)8-7(12)5(9(15)16)2-3-13-8/h2-3,6H,4,12H2,1H3,(H,15,16). The smallest absolute Gasteiger partial charge is 0.337 e. The number of hydrogen-bond acceptors (Lipinski definition) is 4. The number of carboxylic acids is 1. The second-order valence-corrected chi connectivity index (χ2v) is 3.17. The average molecular weight is 231 g/mol. The lowest BCUT2D eigenvalue weighted by molar-refractivity contribution is 0.0698. The zero-order valence-corrected chi connectivity index (χ0v) is 8.52. The van der Waals surface area contributed by atoms with E-state index in [1.54, 1.807) is 0 Å². The predicted octanol–water partition coefficient (Wildman–Crippen LogP) is 1.06. The molecule has 1 heterocycles. The summed E-state index contributed by atoms with van der Waals surface area (Å²) in [5, 5.41) is 8.78. The van der Waals surface area contributed by atoms with E-state index in [0.717, 1.165) is 4.90 Å². The van der Waals surface area contributed by atoms with Gasteiger partial charge in [-0.25, -0.2) is 18.6 Å². The van der Waals surface area contributed by atoms with Gasteiger partial charge in [0.25, 0.3) is 6.43 Å². The molecule has 0 saturated heterocycles. The van der Waals surface area contributed by atoms with Crippen LogP contribution in [0.4, 0.5) is 20.3 Å². The Balaban J connectivity index is 3.05. The zero-order valence-electron chi connectivity index (χ0n) is 8.52. The Morgan fingerprint density at radius 2 is 2.31 bits per heavy atom. The van der Waals surface area contributed by atoms with Crippen molar-refractivity contribution >= 4 is 17.5 Å². The normalized spacial score (nSPS) is 10.5. The van der Waals surface area contributed by atoms with Crippen molar-refractivity contribution in [3.8, 4) is 0 Å². The largest absolute Gasteiger partial charge is 0.478 e. The van der Waals surface area contributed by atoms with Gasteiger partial charge in [0.15, 0.2) is 5.82 Å². The van der Waals surface area contributed by atoms with E-state index in [-0.39, 0.29) is 17.1 Å². The third-order valence-electron chi connectivity index (χ3n) is 1.97. The molecule has 7 heteroatoms. The van der Waals surface area contributed by atoms with Crippen LogP contribution in [-0.4, -0.2) is 36.1 Å². The van der Waals surface area contributed by atoms with Gasteiger partial charge in [0.05, 0.1) is 17.8 Å². The predicted molar refractivity (Wildman–Crippen MR) is 54.9 cm³/mol. The Labute approximate surface area is 90.5 Å². The molecule has 0 bridgehead atoms. The highest BCUT2D eigenvalue weighted by Crippen LogP contribution is 2.23. The fraction of sp³-hybridized carbons (Fsp3) is 0.333. The van der Waals surface area contributed by atoms with E-state index in [1.165, 1.54) is 19.3 Å². The Hall–Kier alpha value is -1.92. The summed E-state index contributed by atoms with van der Waals surface area (Å²) in [6, 6.07) is 1.22. The number of alkyl halides is 2. The minimum atomic E-state index is -2.54. The van der Waals surface area contributed by atoms with Crippen molar-refractivity contribution in [1.29, 1.82) is 0 Å². The van der Waals surface area contributed by atoms with Crippen LogP contribution in [0.15, 0.2) is 12.3 Å². The van der Waals surface area contributed by atoms with Gasteiger partial charge < -0.3 is 15.7 Å². The number of pyridine rings is 1. The van der Waals surface area contributed by atoms with Crippen LogP contribution in [0, 0.1) is 0 Å². The summed E-state index contributed by atoms with van der Waals surface area (Å²) >= 11 is 0. The van der Waals surface area contributed by atoms with Gasteiger partial charge in [-0.1, -0.05) is 0 Å². The number of halogens is 2. The average Bonchev–Trinajstić information content (AvgIpc) is 2.16. The number of nitrogen functional groups attached to an aromatic ring is 1. The first-order chi connectivity index (χ1) is 7.43. The minimum Gasteiger partial charge on any atom is -0.478 e. The van der Waals surface area contributed by atoms with E-state index >= 15 is 0 Å². The maximum atomic E-state index is 12.1. The molecular formula is C9H11F2N3O2. The quantitative estimate of drug-likeness (QED) is 0.810. The Bertz CT molecular complexity index is 398. The van der Waals surface area contributed by atoms with Crippen LogP contribution >= 0.6 is 0 Å². The summed E-state index contributed by atoms with van der Waals surface area (Å²) in [7, 11) is 1.37. The van der Waals surface area contributed by atoms with Gasteiger partial charge in [-0.15, -0.1) is 0 Å².